The molecule has 24 heavy (non-hydrogen) atoms. The van der Waals surface area contributed by atoms with Gasteiger partial charge in [0.15, 0.2) is 5.65 Å². The molecule has 0 bridgehead atoms. The van der Waals surface area contributed by atoms with E-state index in [4.69, 9.17) is 0 Å². The Hall–Kier alpha value is -2.28. The van der Waals surface area contributed by atoms with Gasteiger partial charge in [-0.05, 0) is 31.2 Å². The highest BCUT2D eigenvalue weighted by atomic mass is 79.9. The first kappa shape index (κ1) is 16.6. The maximum atomic E-state index is 13.9. The highest BCUT2D eigenvalue weighted by Gasteiger charge is 2.17. The van der Waals surface area contributed by atoms with Gasteiger partial charge in [-0.3, -0.25) is 9.48 Å². The quantitative estimate of drug-likeness (QED) is 0.687. The molecular weight excluding hydrogens is 375 g/mol. The van der Waals surface area contributed by atoms with Crippen molar-refractivity contribution in [1.29, 1.82) is 0 Å². The number of carbonyl (C=O) groups is 1. The minimum absolute atomic E-state index is 0.175. The van der Waals surface area contributed by atoms with E-state index in [2.05, 4.69) is 26.0 Å². The van der Waals surface area contributed by atoms with Gasteiger partial charge in [0.05, 0.1) is 11.3 Å². The number of fused-ring (bicyclic) bond motifs is 1. The number of amides is 1. The third-order valence-electron chi connectivity index (χ3n) is 3.87. The van der Waals surface area contributed by atoms with Crippen LogP contribution in [0.3, 0.4) is 0 Å². The molecule has 2 aromatic heterocycles. The third-order valence-corrected chi connectivity index (χ3v) is 4.37. The summed E-state index contributed by atoms with van der Waals surface area (Å²) in [4.78, 5) is 18.4. The third kappa shape index (κ3) is 3.03. The van der Waals surface area contributed by atoms with E-state index < -0.39 is 0 Å². The first-order chi connectivity index (χ1) is 11.4. The van der Waals surface area contributed by atoms with Gasteiger partial charge in [-0.1, -0.05) is 15.9 Å². The fourth-order valence-corrected chi connectivity index (χ4v) is 3.05. The molecule has 7 heteroatoms. The molecule has 0 aliphatic rings. The Morgan fingerprint density at radius 3 is 2.88 bits per heavy atom. The summed E-state index contributed by atoms with van der Waals surface area (Å²) in [5.74, 6) is -0.554. The number of benzene rings is 1. The van der Waals surface area contributed by atoms with Crippen LogP contribution in [-0.2, 0) is 13.6 Å². The lowest BCUT2D eigenvalue weighted by Crippen LogP contribution is -2.26. The molecule has 1 aromatic carbocycles. The summed E-state index contributed by atoms with van der Waals surface area (Å²) in [5, 5.41) is 5.14. The number of halogens is 2. The summed E-state index contributed by atoms with van der Waals surface area (Å²) in [7, 11) is 3.45. The van der Waals surface area contributed by atoms with E-state index in [1.807, 2.05) is 14.0 Å². The molecule has 124 valence electrons. The predicted molar refractivity (Wildman–Crippen MR) is 93.1 cm³/mol. The van der Waals surface area contributed by atoms with Crippen LogP contribution < -0.4 is 0 Å². The molecule has 2 heterocycles. The molecule has 0 aliphatic heterocycles. The van der Waals surface area contributed by atoms with Crippen LogP contribution in [0.25, 0.3) is 11.0 Å². The maximum Gasteiger partial charge on any atom is 0.255 e. The van der Waals surface area contributed by atoms with Crippen molar-refractivity contribution < 1.29 is 9.18 Å². The molecule has 0 atom stereocenters. The van der Waals surface area contributed by atoms with Crippen LogP contribution in [0.4, 0.5) is 4.39 Å². The van der Waals surface area contributed by atoms with E-state index in [1.54, 1.807) is 29.9 Å². The Labute approximate surface area is 147 Å². The van der Waals surface area contributed by atoms with Gasteiger partial charge in [0.1, 0.15) is 5.82 Å². The molecule has 0 spiro atoms. The van der Waals surface area contributed by atoms with Crippen molar-refractivity contribution in [2.45, 2.75) is 13.5 Å². The van der Waals surface area contributed by atoms with Gasteiger partial charge in [0, 0.05) is 42.3 Å². The van der Waals surface area contributed by atoms with Gasteiger partial charge in [-0.15, -0.1) is 0 Å². The molecule has 3 rings (SSSR count). The fourth-order valence-electron chi connectivity index (χ4n) is 2.64. The summed E-state index contributed by atoms with van der Waals surface area (Å²) < 4.78 is 16.3. The van der Waals surface area contributed by atoms with Crippen LogP contribution in [0, 0.1) is 12.7 Å². The summed E-state index contributed by atoms with van der Waals surface area (Å²) >= 11 is 3.32. The number of pyridine rings is 1. The molecule has 3 aromatic rings. The topological polar surface area (TPSA) is 51.0 Å². The molecule has 0 aliphatic carbocycles. The van der Waals surface area contributed by atoms with Crippen LogP contribution in [0.5, 0.6) is 0 Å². The Kier molecular flexibility index (Phi) is 4.36. The second-order valence-electron chi connectivity index (χ2n) is 5.70. The van der Waals surface area contributed by atoms with Crippen LogP contribution in [-0.4, -0.2) is 32.6 Å². The van der Waals surface area contributed by atoms with Crippen molar-refractivity contribution in [2.75, 3.05) is 7.05 Å². The van der Waals surface area contributed by atoms with Gasteiger partial charge >= 0.3 is 0 Å². The predicted octanol–water partition coefficient (Wildman–Crippen LogP) is 3.45. The Morgan fingerprint density at radius 2 is 2.12 bits per heavy atom. The van der Waals surface area contributed by atoms with Crippen LogP contribution in [0.2, 0.25) is 0 Å². The number of hydrogen-bond acceptors (Lipinski definition) is 3. The summed E-state index contributed by atoms with van der Waals surface area (Å²) in [6.07, 6.45) is 1.53. The Balaban J connectivity index is 1.88. The number of rotatable bonds is 3. The standard InChI is InChI=1S/C17H16BrFN4O/c1-10-14-7-11(8-20-16(14)23(3)21-10)17(24)22(2)9-12-6-13(18)4-5-15(12)19/h4-8H,9H2,1-3H3. The highest BCUT2D eigenvalue weighted by Crippen LogP contribution is 2.20. The smallest absolute Gasteiger partial charge is 0.255 e. The minimum atomic E-state index is -0.338. The zero-order valence-electron chi connectivity index (χ0n) is 13.5. The maximum absolute atomic E-state index is 13.9. The monoisotopic (exact) mass is 390 g/mol. The zero-order valence-corrected chi connectivity index (χ0v) is 15.1. The lowest BCUT2D eigenvalue weighted by Gasteiger charge is -2.18. The van der Waals surface area contributed by atoms with Crippen molar-refractivity contribution in [3.63, 3.8) is 0 Å². The van der Waals surface area contributed by atoms with E-state index in [-0.39, 0.29) is 18.3 Å². The molecule has 0 N–H and O–H groups in total. The Morgan fingerprint density at radius 1 is 1.38 bits per heavy atom. The van der Waals surface area contributed by atoms with Gasteiger partial charge in [0.2, 0.25) is 0 Å². The van der Waals surface area contributed by atoms with Gasteiger partial charge < -0.3 is 4.90 Å². The van der Waals surface area contributed by atoms with Gasteiger partial charge in [0.25, 0.3) is 5.91 Å². The molecule has 0 radical (unpaired) electrons. The van der Waals surface area contributed by atoms with Crippen molar-refractivity contribution in [3.05, 3.63) is 57.6 Å². The SMILES string of the molecule is Cc1nn(C)c2ncc(C(=O)N(C)Cc3cc(Br)ccc3F)cc12. The average molecular weight is 391 g/mol. The van der Waals surface area contributed by atoms with E-state index >= 15 is 0 Å². The van der Waals surface area contributed by atoms with Crippen molar-refractivity contribution in [3.8, 4) is 0 Å². The van der Waals surface area contributed by atoms with Crippen molar-refractivity contribution in [1.82, 2.24) is 19.7 Å². The number of aryl methyl sites for hydroxylation is 2. The second-order valence-corrected chi connectivity index (χ2v) is 6.62. The summed E-state index contributed by atoms with van der Waals surface area (Å²) in [6, 6.07) is 6.46. The summed E-state index contributed by atoms with van der Waals surface area (Å²) in [5.41, 5.74) is 2.45. The number of carbonyl (C=O) groups excluding carboxylic acids is 1. The minimum Gasteiger partial charge on any atom is -0.337 e. The molecule has 0 unspecified atom stereocenters. The molecule has 0 fully saturated rings. The normalized spacial score (nSPS) is 11.0. The fraction of sp³-hybridized carbons (Fsp3) is 0.235. The van der Waals surface area contributed by atoms with E-state index in [1.165, 1.54) is 17.2 Å². The lowest BCUT2D eigenvalue weighted by atomic mass is 10.1. The van der Waals surface area contributed by atoms with Crippen LogP contribution >= 0.6 is 15.9 Å². The first-order valence-corrected chi connectivity index (χ1v) is 8.15. The highest BCUT2D eigenvalue weighted by molar-refractivity contribution is 9.10. The number of aromatic nitrogens is 3. The van der Waals surface area contributed by atoms with Crippen molar-refractivity contribution in [2.24, 2.45) is 7.05 Å². The van der Waals surface area contributed by atoms with E-state index in [0.717, 1.165) is 21.2 Å². The van der Waals surface area contributed by atoms with Crippen LogP contribution in [0.1, 0.15) is 21.6 Å². The molecule has 0 saturated heterocycles. The molecule has 1 amide bonds. The van der Waals surface area contributed by atoms with Gasteiger partial charge in [-0.2, -0.15) is 5.10 Å². The first-order valence-electron chi connectivity index (χ1n) is 7.35. The van der Waals surface area contributed by atoms with Crippen molar-refractivity contribution >= 4 is 32.9 Å². The van der Waals surface area contributed by atoms with E-state index in [0.29, 0.717) is 11.1 Å². The summed E-state index contributed by atoms with van der Waals surface area (Å²) in [6.45, 7) is 2.05. The average Bonchev–Trinajstić information content (AvgIpc) is 2.84. The molecule has 0 saturated carbocycles. The zero-order chi connectivity index (χ0) is 17.4. The van der Waals surface area contributed by atoms with E-state index in [9.17, 15) is 9.18 Å². The van der Waals surface area contributed by atoms with Crippen LogP contribution in [0.15, 0.2) is 34.9 Å². The molecule has 5 nitrogen and oxygen atoms in total. The lowest BCUT2D eigenvalue weighted by molar-refractivity contribution is 0.0783. The number of hydrogen-bond donors (Lipinski definition) is 0. The second kappa shape index (κ2) is 6.32. The van der Waals surface area contributed by atoms with Gasteiger partial charge in [-0.25, -0.2) is 9.37 Å². The molecular formula is C17H16BrFN4O. The largest absolute Gasteiger partial charge is 0.337 e. The Bertz CT molecular complexity index is 938. The number of nitrogens with zero attached hydrogens (tertiary/aromatic N) is 4.